The molecule has 0 bridgehead atoms. The van der Waals surface area contributed by atoms with Crippen LogP contribution in [0.1, 0.15) is 35.3 Å². The number of allylic oxidation sites excluding steroid dienone is 2. The van der Waals surface area contributed by atoms with Crippen molar-refractivity contribution in [3.63, 3.8) is 0 Å². The number of methoxy groups -OCH3 is 1. The van der Waals surface area contributed by atoms with Gasteiger partial charge in [-0.2, -0.15) is 0 Å². The van der Waals surface area contributed by atoms with Crippen LogP contribution in [0.2, 0.25) is 0 Å². The maximum absolute atomic E-state index is 13.3. The molecule has 29 heavy (non-hydrogen) atoms. The number of Topliss-reactive ketones (excluding diaryl/α,β-unsaturated/α-hetero) is 1. The fourth-order valence-corrected chi connectivity index (χ4v) is 3.09. The van der Waals surface area contributed by atoms with Gasteiger partial charge in [0.1, 0.15) is 11.5 Å². The smallest absolute Gasteiger partial charge is 0.341 e. The molecule has 0 saturated heterocycles. The van der Waals surface area contributed by atoms with Crippen molar-refractivity contribution in [1.29, 1.82) is 0 Å². The van der Waals surface area contributed by atoms with Gasteiger partial charge in [0.2, 0.25) is 6.29 Å². The van der Waals surface area contributed by atoms with Gasteiger partial charge in [0.15, 0.2) is 5.78 Å². The van der Waals surface area contributed by atoms with E-state index in [1.807, 2.05) is 19.9 Å². The predicted octanol–water partition coefficient (Wildman–Crippen LogP) is 3.77. The molecule has 6 nitrogen and oxygen atoms in total. The number of aromatic hydroxyl groups is 2. The van der Waals surface area contributed by atoms with Crippen molar-refractivity contribution in [3.05, 3.63) is 76.4 Å². The van der Waals surface area contributed by atoms with E-state index >= 15 is 0 Å². The summed E-state index contributed by atoms with van der Waals surface area (Å²) < 4.78 is 10.4. The van der Waals surface area contributed by atoms with Gasteiger partial charge < -0.3 is 19.7 Å². The molecule has 1 aliphatic rings. The number of benzene rings is 2. The van der Waals surface area contributed by atoms with Crippen LogP contribution < -0.4 is 0 Å². The Balaban J connectivity index is 2.09. The second-order valence-corrected chi connectivity index (χ2v) is 6.97. The van der Waals surface area contributed by atoms with Gasteiger partial charge in [-0.25, -0.2) is 4.79 Å². The summed E-state index contributed by atoms with van der Waals surface area (Å²) in [7, 11) is 1.35. The highest BCUT2D eigenvalue weighted by atomic mass is 16.7. The Morgan fingerprint density at radius 3 is 2.45 bits per heavy atom. The average molecular weight is 394 g/mol. The van der Waals surface area contributed by atoms with Crippen molar-refractivity contribution in [2.75, 3.05) is 7.11 Å². The predicted molar refractivity (Wildman–Crippen MR) is 107 cm³/mol. The van der Waals surface area contributed by atoms with Crippen LogP contribution in [0.4, 0.5) is 0 Å². The lowest BCUT2D eigenvalue weighted by atomic mass is 9.93. The molecule has 0 radical (unpaired) electrons. The third-order valence-corrected chi connectivity index (χ3v) is 4.61. The van der Waals surface area contributed by atoms with Gasteiger partial charge in [0.05, 0.1) is 11.1 Å². The maximum Gasteiger partial charge on any atom is 0.341 e. The van der Waals surface area contributed by atoms with Gasteiger partial charge in [-0.05, 0) is 61.7 Å². The van der Waals surface area contributed by atoms with Crippen LogP contribution in [0, 0.1) is 0 Å². The molecule has 0 aliphatic carbocycles. The lowest BCUT2D eigenvalue weighted by molar-refractivity contribution is -0.154. The Morgan fingerprint density at radius 2 is 1.83 bits per heavy atom. The Labute approximate surface area is 168 Å². The van der Waals surface area contributed by atoms with E-state index in [1.54, 1.807) is 6.07 Å². The van der Waals surface area contributed by atoms with Crippen LogP contribution in [-0.2, 0) is 20.7 Å². The number of esters is 1. The molecule has 2 aromatic rings. The SMILES string of the molecule is CO[C@@H]1OC(=O)C(c2ccc(O)cc2)=C1C(=O)c1ccc(O)c(CC=C(C)C)c1. The van der Waals surface area contributed by atoms with Crippen LogP contribution in [-0.4, -0.2) is 35.4 Å². The van der Waals surface area contributed by atoms with E-state index in [2.05, 4.69) is 0 Å². The first kappa shape index (κ1) is 20.4. The molecule has 3 rings (SSSR count). The summed E-state index contributed by atoms with van der Waals surface area (Å²) in [6.07, 6.45) is 1.29. The molecule has 6 heteroatoms. The molecule has 1 heterocycles. The summed E-state index contributed by atoms with van der Waals surface area (Å²) in [5, 5.41) is 19.6. The topological polar surface area (TPSA) is 93.1 Å². The summed E-state index contributed by atoms with van der Waals surface area (Å²) >= 11 is 0. The number of carbonyl (C=O) groups excluding carboxylic acids is 2. The fourth-order valence-electron chi connectivity index (χ4n) is 3.09. The van der Waals surface area contributed by atoms with Crippen molar-refractivity contribution in [3.8, 4) is 11.5 Å². The quantitative estimate of drug-likeness (QED) is 0.440. The van der Waals surface area contributed by atoms with Gasteiger partial charge in [-0.3, -0.25) is 4.79 Å². The molecule has 0 amide bonds. The number of phenolic OH excluding ortho intramolecular Hbond substituents is 2. The van der Waals surface area contributed by atoms with E-state index < -0.39 is 18.0 Å². The molecule has 2 aromatic carbocycles. The Kier molecular flexibility index (Phi) is 5.84. The number of hydrogen-bond acceptors (Lipinski definition) is 6. The van der Waals surface area contributed by atoms with E-state index in [4.69, 9.17) is 9.47 Å². The molecule has 2 N–H and O–H groups in total. The van der Waals surface area contributed by atoms with Gasteiger partial charge in [-0.1, -0.05) is 23.8 Å². The number of rotatable bonds is 6. The highest BCUT2D eigenvalue weighted by molar-refractivity contribution is 6.29. The number of phenols is 2. The third-order valence-electron chi connectivity index (χ3n) is 4.61. The lowest BCUT2D eigenvalue weighted by Crippen LogP contribution is -2.19. The summed E-state index contributed by atoms with van der Waals surface area (Å²) in [5.74, 6) is -0.966. The second kappa shape index (κ2) is 8.32. The van der Waals surface area contributed by atoms with Gasteiger partial charge in [0.25, 0.3) is 0 Å². The molecule has 1 aliphatic heterocycles. The van der Waals surface area contributed by atoms with Gasteiger partial charge in [-0.15, -0.1) is 0 Å². The highest BCUT2D eigenvalue weighted by Gasteiger charge is 2.39. The molecule has 150 valence electrons. The Hall–Kier alpha value is -3.38. The minimum atomic E-state index is -1.13. The van der Waals surface area contributed by atoms with E-state index in [1.165, 1.54) is 43.5 Å². The largest absolute Gasteiger partial charge is 0.508 e. The summed E-state index contributed by atoms with van der Waals surface area (Å²) in [5.41, 5.74) is 2.63. The standard InChI is InChI=1S/C23H22O6/c1-13(2)4-5-15-12-16(8-11-18(15)25)21(26)20-19(22(27)29-23(20)28-3)14-6-9-17(24)10-7-14/h4,6-12,23-25H,5H2,1-3H3/t23-/m1/s1. The van der Waals surface area contributed by atoms with Crippen molar-refractivity contribution in [2.45, 2.75) is 26.6 Å². The number of ether oxygens (including phenoxy) is 2. The van der Waals surface area contributed by atoms with Crippen molar-refractivity contribution >= 4 is 17.3 Å². The van der Waals surface area contributed by atoms with Gasteiger partial charge >= 0.3 is 5.97 Å². The number of ketones is 1. The minimum absolute atomic E-state index is 0.0410. The van der Waals surface area contributed by atoms with Crippen LogP contribution >= 0.6 is 0 Å². The van der Waals surface area contributed by atoms with E-state index in [0.29, 0.717) is 23.1 Å². The molecule has 0 spiro atoms. The first-order chi connectivity index (χ1) is 13.8. The zero-order valence-electron chi connectivity index (χ0n) is 16.4. The van der Waals surface area contributed by atoms with Crippen LogP contribution in [0.25, 0.3) is 5.57 Å². The molecule has 1 atom stereocenters. The Morgan fingerprint density at radius 1 is 1.14 bits per heavy atom. The van der Waals surface area contributed by atoms with E-state index in [0.717, 1.165) is 5.57 Å². The fraction of sp³-hybridized carbons (Fsp3) is 0.217. The van der Waals surface area contributed by atoms with Crippen LogP contribution in [0.5, 0.6) is 11.5 Å². The second-order valence-electron chi connectivity index (χ2n) is 6.97. The normalized spacial score (nSPS) is 16.0. The number of carbonyl (C=O) groups is 2. The molecule has 0 unspecified atom stereocenters. The first-order valence-electron chi connectivity index (χ1n) is 9.09. The maximum atomic E-state index is 13.3. The van der Waals surface area contributed by atoms with Gasteiger partial charge in [0, 0.05) is 12.7 Å². The molecular weight excluding hydrogens is 372 g/mol. The molecule has 0 fully saturated rings. The first-order valence-corrected chi connectivity index (χ1v) is 9.09. The van der Waals surface area contributed by atoms with Crippen LogP contribution in [0.15, 0.2) is 59.7 Å². The van der Waals surface area contributed by atoms with Crippen LogP contribution in [0.3, 0.4) is 0 Å². The zero-order chi connectivity index (χ0) is 21.1. The zero-order valence-corrected chi connectivity index (χ0v) is 16.4. The third kappa shape index (κ3) is 4.22. The van der Waals surface area contributed by atoms with Crippen molar-refractivity contribution < 1.29 is 29.3 Å². The average Bonchev–Trinajstić information content (AvgIpc) is 3.03. The summed E-state index contributed by atoms with van der Waals surface area (Å²) in [6.45, 7) is 3.90. The number of cyclic esters (lactones) is 1. The summed E-state index contributed by atoms with van der Waals surface area (Å²) in [4.78, 5) is 25.7. The molecular formula is C23H22O6. The number of hydrogen-bond donors (Lipinski definition) is 2. The van der Waals surface area contributed by atoms with Crippen molar-refractivity contribution in [2.24, 2.45) is 0 Å². The highest BCUT2D eigenvalue weighted by Crippen LogP contribution is 2.34. The molecule has 0 aromatic heterocycles. The van der Waals surface area contributed by atoms with Crippen molar-refractivity contribution in [1.82, 2.24) is 0 Å². The lowest BCUT2D eigenvalue weighted by Gasteiger charge is -2.12. The Bertz CT molecular complexity index is 1010. The van der Waals surface area contributed by atoms with E-state index in [9.17, 15) is 19.8 Å². The van der Waals surface area contributed by atoms with E-state index in [-0.39, 0.29) is 22.6 Å². The monoisotopic (exact) mass is 394 g/mol. The molecule has 0 saturated carbocycles. The minimum Gasteiger partial charge on any atom is -0.508 e. The summed E-state index contributed by atoms with van der Waals surface area (Å²) in [6, 6.07) is 10.5.